The fourth-order valence-electron chi connectivity index (χ4n) is 1.95. The number of hydrogen-bond donors (Lipinski definition) is 0. The maximum Gasteiger partial charge on any atom is 0.185 e. The molecule has 0 radical (unpaired) electrons. The lowest BCUT2D eigenvalue weighted by molar-refractivity contribution is 0.104. The van der Waals surface area contributed by atoms with E-state index in [4.69, 9.17) is 4.74 Å². The van der Waals surface area contributed by atoms with E-state index in [-0.39, 0.29) is 17.7 Å². The van der Waals surface area contributed by atoms with Crippen molar-refractivity contribution in [2.45, 2.75) is 39.7 Å². The first-order chi connectivity index (χ1) is 10.5. The van der Waals surface area contributed by atoms with E-state index in [1.54, 1.807) is 12.2 Å². The van der Waals surface area contributed by atoms with Crippen LogP contribution in [0.25, 0.3) is 0 Å². The lowest BCUT2D eigenvalue weighted by Gasteiger charge is -2.14. The van der Waals surface area contributed by atoms with Crippen molar-refractivity contribution in [3.05, 3.63) is 71.8 Å². The van der Waals surface area contributed by atoms with Crippen molar-refractivity contribution in [3.63, 3.8) is 0 Å². The molecule has 118 valence electrons. The molecule has 0 aliphatic rings. The van der Waals surface area contributed by atoms with Crippen LogP contribution in [0.5, 0.6) is 0 Å². The van der Waals surface area contributed by atoms with Gasteiger partial charge in [-0.05, 0) is 62.3 Å². The zero-order chi connectivity index (χ0) is 16.5. The van der Waals surface area contributed by atoms with Crippen LogP contribution >= 0.6 is 0 Å². The molecule has 3 heteroatoms. The van der Waals surface area contributed by atoms with Gasteiger partial charge in [-0.15, -0.1) is 0 Å². The number of hydrogen-bond acceptors (Lipinski definition) is 2. The molecule has 0 aliphatic carbocycles. The molecule has 1 aromatic rings. The molecular weight excluding hydrogens is 279 g/mol. The molecule has 0 bridgehead atoms. The first-order valence-corrected chi connectivity index (χ1v) is 7.48. The molecule has 0 fully saturated rings. The molecule has 2 nitrogen and oxygen atoms in total. The Morgan fingerprint density at radius 3 is 2.41 bits per heavy atom. The van der Waals surface area contributed by atoms with Crippen LogP contribution in [-0.4, -0.2) is 11.9 Å². The molecule has 0 amide bonds. The molecule has 0 aliphatic heterocycles. The summed E-state index contributed by atoms with van der Waals surface area (Å²) in [5, 5.41) is 0. The predicted octanol–water partition coefficient (Wildman–Crippen LogP) is 5.23. The SMILES string of the molecule is C=C/C(OC(C)C)=C(\C=C\C(=O)c1ccc(F)cc1)CCC. The number of rotatable bonds is 8. The van der Waals surface area contributed by atoms with Crippen LogP contribution < -0.4 is 0 Å². The van der Waals surface area contributed by atoms with Crippen molar-refractivity contribution < 1.29 is 13.9 Å². The minimum absolute atomic E-state index is 0.0426. The summed E-state index contributed by atoms with van der Waals surface area (Å²) in [6, 6.07) is 5.51. The maximum absolute atomic E-state index is 12.9. The maximum atomic E-state index is 12.9. The standard InChI is InChI=1S/C19H23FO2/c1-5-7-16(19(6-2)22-14(3)4)10-13-18(21)15-8-11-17(20)12-9-15/h6,8-14H,2,5,7H2,1,3-4H3/b13-10+,19-16+. The molecule has 1 aromatic carbocycles. The highest BCUT2D eigenvalue weighted by molar-refractivity contribution is 6.04. The molecule has 0 atom stereocenters. The Labute approximate surface area is 132 Å². The monoisotopic (exact) mass is 302 g/mol. The Balaban J connectivity index is 2.98. The fraction of sp³-hybridized carbons (Fsp3) is 0.316. The average Bonchev–Trinajstić information content (AvgIpc) is 2.49. The lowest BCUT2D eigenvalue weighted by Crippen LogP contribution is -2.03. The highest BCUT2D eigenvalue weighted by Gasteiger charge is 2.06. The number of carbonyl (C=O) groups is 1. The smallest absolute Gasteiger partial charge is 0.185 e. The zero-order valence-electron chi connectivity index (χ0n) is 13.4. The van der Waals surface area contributed by atoms with Crippen LogP contribution in [0.3, 0.4) is 0 Å². The Morgan fingerprint density at radius 2 is 1.91 bits per heavy atom. The van der Waals surface area contributed by atoms with Crippen molar-refractivity contribution in [1.29, 1.82) is 0 Å². The normalized spacial score (nSPS) is 12.4. The van der Waals surface area contributed by atoms with E-state index >= 15 is 0 Å². The van der Waals surface area contributed by atoms with Gasteiger partial charge in [0, 0.05) is 5.56 Å². The summed E-state index contributed by atoms with van der Waals surface area (Å²) < 4.78 is 18.6. The summed E-state index contributed by atoms with van der Waals surface area (Å²) in [5.74, 6) is 0.174. The van der Waals surface area contributed by atoms with Gasteiger partial charge in [0.05, 0.1) is 6.10 Å². The number of halogens is 1. The van der Waals surface area contributed by atoms with Crippen molar-refractivity contribution in [1.82, 2.24) is 0 Å². The van der Waals surface area contributed by atoms with Crippen molar-refractivity contribution in [2.24, 2.45) is 0 Å². The van der Waals surface area contributed by atoms with Crippen molar-refractivity contribution in [2.75, 3.05) is 0 Å². The van der Waals surface area contributed by atoms with E-state index in [0.717, 1.165) is 18.4 Å². The fourth-order valence-corrected chi connectivity index (χ4v) is 1.95. The Morgan fingerprint density at radius 1 is 1.27 bits per heavy atom. The number of ketones is 1. The second kappa shape index (κ2) is 8.98. The van der Waals surface area contributed by atoms with Crippen LogP contribution in [-0.2, 0) is 4.74 Å². The zero-order valence-corrected chi connectivity index (χ0v) is 13.4. The first-order valence-electron chi connectivity index (χ1n) is 7.48. The summed E-state index contributed by atoms with van der Waals surface area (Å²) in [6.45, 7) is 9.72. The van der Waals surface area contributed by atoms with Gasteiger partial charge in [0.1, 0.15) is 11.6 Å². The third-order valence-electron chi connectivity index (χ3n) is 2.95. The second-order valence-corrected chi connectivity index (χ2v) is 5.21. The van der Waals surface area contributed by atoms with E-state index in [0.29, 0.717) is 11.3 Å². The van der Waals surface area contributed by atoms with Crippen LogP contribution in [0.1, 0.15) is 44.0 Å². The number of benzene rings is 1. The second-order valence-electron chi connectivity index (χ2n) is 5.21. The number of ether oxygens (including phenoxy) is 1. The lowest BCUT2D eigenvalue weighted by atomic mass is 10.1. The molecule has 0 unspecified atom stereocenters. The molecule has 0 spiro atoms. The van der Waals surface area contributed by atoms with E-state index in [1.165, 1.54) is 30.3 Å². The van der Waals surface area contributed by atoms with Gasteiger partial charge in [0.15, 0.2) is 5.78 Å². The summed E-state index contributed by atoms with van der Waals surface area (Å²) in [5.41, 5.74) is 1.39. The van der Waals surface area contributed by atoms with Gasteiger partial charge in [-0.2, -0.15) is 0 Å². The van der Waals surface area contributed by atoms with Crippen LogP contribution in [0, 0.1) is 5.82 Å². The molecule has 0 N–H and O–H groups in total. The molecule has 0 saturated carbocycles. The summed E-state index contributed by atoms with van der Waals surface area (Å²) >= 11 is 0. The van der Waals surface area contributed by atoms with Crippen LogP contribution in [0.4, 0.5) is 4.39 Å². The van der Waals surface area contributed by atoms with E-state index in [9.17, 15) is 9.18 Å². The van der Waals surface area contributed by atoms with Crippen molar-refractivity contribution in [3.8, 4) is 0 Å². The van der Waals surface area contributed by atoms with Gasteiger partial charge in [-0.25, -0.2) is 4.39 Å². The third-order valence-corrected chi connectivity index (χ3v) is 2.95. The Bertz CT molecular complexity index is 566. The van der Waals surface area contributed by atoms with Gasteiger partial charge in [-0.1, -0.05) is 26.0 Å². The number of carbonyl (C=O) groups excluding carboxylic acids is 1. The van der Waals surface area contributed by atoms with Crippen molar-refractivity contribution >= 4 is 5.78 Å². The van der Waals surface area contributed by atoms with Gasteiger partial charge in [0.25, 0.3) is 0 Å². The van der Waals surface area contributed by atoms with E-state index < -0.39 is 0 Å². The summed E-state index contributed by atoms with van der Waals surface area (Å²) in [4.78, 5) is 12.1. The first kappa shape index (κ1) is 17.9. The molecule has 22 heavy (non-hydrogen) atoms. The quantitative estimate of drug-likeness (QED) is 0.284. The topological polar surface area (TPSA) is 26.3 Å². The third kappa shape index (κ3) is 5.68. The number of allylic oxidation sites excluding steroid dienone is 4. The van der Waals surface area contributed by atoms with E-state index in [2.05, 4.69) is 13.5 Å². The van der Waals surface area contributed by atoms with Crippen LogP contribution in [0.15, 0.2) is 60.4 Å². The minimum Gasteiger partial charge on any atom is -0.491 e. The molecule has 0 saturated heterocycles. The largest absolute Gasteiger partial charge is 0.491 e. The average molecular weight is 302 g/mol. The molecular formula is C19H23FO2. The Hall–Kier alpha value is -2.16. The van der Waals surface area contributed by atoms with Gasteiger partial charge < -0.3 is 4.74 Å². The highest BCUT2D eigenvalue weighted by Crippen LogP contribution is 2.17. The Kier molecular flexibility index (Phi) is 7.30. The summed E-state index contributed by atoms with van der Waals surface area (Å²) in [6.07, 6.45) is 6.68. The molecule has 0 heterocycles. The van der Waals surface area contributed by atoms with Gasteiger partial charge in [-0.3, -0.25) is 4.79 Å². The van der Waals surface area contributed by atoms with Crippen LogP contribution in [0.2, 0.25) is 0 Å². The van der Waals surface area contributed by atoms with E-state index in [1.807, 2.05) is 13.8 Å². The highest BCUT2D eigenvalue weighted by atomic mass is 19.1. The summed E-state index contributed by atoms with van der Waals surface area (Å²) in [7, 11) is 0. The minimum atomic E-state index is -0.355. The molecule has 0 aromatic heterocycles. The molecule has 1 rings (SSSR count). The van der Waals surface area contributed by atoms with Gasteiger partial charge >= 0.3 is 0 Å². The van der Waals surface area contributed by atoms with Gasteiger partial charge in [0.2, 0.25) is 0 Å². The predicted molar refractivity (Wildman–Crippen MR) is 88.2 cm³/mol.